The number of carbonyl (C=O) groups excluding carboxylic acids is 4. The van der Waals surface area contributed by atoms with Crippen LogP contribution < -0.4 is 9.64 Å². The smallest absolute Gasteiger partial charge is 0.258 e. The number of hydrogen-bond acceptors (Lipinski definition) is 6. The SMILES string of the molecule is COc1cccc(O)c1[C@H]1C2=CC[C@@H]3C(=O)N(Cc4ccccc4)C(=O)[C@@H]3[C@@H]2C[C@@]2(Cl)C(=O)N(c3c(F)c(F)c(F)c(F)c3F)C(=O)[C@@]12Cl. The standard InChI is InChI=1S/C34H23Cl2F5N2O6/c1-49-19-9-5-8-18(44)21(19)22-15-10-11-16-20(30(46)42(29(16)45)13-14-6-3-2-4-7-14)17(15)12-33(35)31(47)43(32(48)34(22,33)36)28-26(40)24(38)23(37)25(39)27(28)41/h2-10,16-17,20,22,44H,11-13H2,1H3/t16-,17+,20-,22+,33+,34-/m0/s1. The van der Waals surface area contributed by atoms with E-state index in [0.717, 1.165) is 4.90 Å². The van der Waals surface area contributed by atoms with Crippen LogP contribution in [0.2, 0.25) is 0 Å². The fourth-order valence-corrected chi connectivity index (χ4v) is 8.79. The van der Waals surface area contributed by atoms with Crippen molar-refractivity contribution < 1.29 is 51.0 Å². The van der Waals surface area contributed by atoms with Crippen molar-refractivity contribution >= 4 is 52.5 Å². The predicted octanol–water partition coefficient (Wildman–Crippen LogP) is 5.86. The predicted molar refractivity (Wildman–Crippen MR) is 163 cm³/mol. The lowest BCUT2D eigenvalue weighted by molar-refractivity contribution is -0.141. The number of ether oxygens (including phenoxy) is 1. The van der Waals surface area contributed by atoms with Crippen molar-refractivity contribution in [3.8, 4) is 11.5 Å². The summed E-state index contributed by atoms with van der Waals surface area (Å²) in [6.45, 7) is -0.0683. The number of likely N-dealkylation sites (tertiary alicyclic amines) is 1. The minimum absolute atomic E-state index is 0.0372. The highest BCUT2D eigenvalue weighted by Crippen LogP contribution is 2.67. The topological polar surface area (TPSA) is 104 Å². The molecule has 7 rings (SSSR count). The van der Waals surface area contributed by atoms with Crippen LogP contribution in [0.4, 0.5) is 27.6 Å². The first-order chi connectivity index (χ1) is 23.2. The quantitative estimate of drug-likeness (QED) is 0.0885. The third-order valence-electron chi connectivity index (χ3n) is 10.0. The molecule has 2 aliphatic carbocycles. The molecular weight excluding hydrogens is 698 g/mol. The van der Waals surface area contributed by atoms with Crippen molar-refractivity contribution in [1.82, 2.24) is 4.90 Å². The van der Waals surface area contributed by atoms with Crippen LogP contribution in [0.15, 0.2) is 60.2 Å². The maximum Gasteiger partial charge on any atom is 0.258 e. The van der Waals surface area contributed by atoms with E-state index in [1.165, 1.54) is 25.3 Å². The normalized spacial score (nSPS) is 29.2. The minimum Gasteiger partial charge on any atom is -0.508 e. The van der Waals surface area contributed by atoms with Crippen LogP contribution in [0.25, 0.3) is 0 Å². The van der Waals surface area contributed by atoms with Gasteiger partial charge in [-0.15, -0.1) is 23.2 Å². The third kappa shape index (κ3) is 4.27. The van der Waals surface area contributed by atoms with E-state index in [2.05, 4.69) is 0 Å². The van der Waals surface area contributed by atoms with Crippen molar-refractivity contribution in [3.05, 3.63) is 100 Å². The number of fused-ring (bicyclic) bond motifs is 4. The van der Waals surface area contributed by atoms with Crippen LogP contribution >= 0.6 is 23.2 Å². The van der Waals surface area contributed by atoms with Gasteiger partial charge in [0.25, 0.3) is 11.8 Å². The lowest BCUT2D eigenvalue weighted by atomic mass is 9.56. The second-order valence-electron chi connectivity index (χ2n) is 12.3. The zero-order chi connectivity index (χ0) is 35.3. The maximum atomic E-state index is 15.2. The molecule has 3 aromatic rings. The van der Waals surface area contributed by atoms with Crippen LogP contribution in [0, 0.1) is 46.8 Å². The maximum absolute atomic E-state index is 15.2. The number of aromatic hydroxyl groups is 1. The fourth-order valence-electron chi connectivity index (χ4n) is 7.87. The van der Waals surface area contributed by atoms with Gasteiger partial charge in [0, 0.05) is 11.5 Å². The molecule has 0 aromatic heterocycles. The monoisotopic (exact) mass is 720 g/mol. The summed E-state index contributed by atoms with van der Waals surface area (Å²) < 4.78 is 78.7. The number of halogens is 7. The molecule has 15 heteroatoms. The molecule has 1 saturated carbocycles. The molecule has 254 valence electrons. The number of phenols is 1. The summed E-state index contributed by atoms with van der Waals surface area (Å²) >= 11 is 14.2. The Kier molecular flexibility index (Phi) is 7.60. The summed E-state index contributed by atoms with van der Waals surface area (Å²) in [5, 5.41) is 11.2. The first-order valence-corrected chi connectivity index (χ1v) is 15.7. The number of imide groups is 2. The Morgan fingerprint density at radius 3 is 2.10 bits per heavy atom. The van der Waals surface area contributed by atoms with Crippen LogP contribution in [-0.4, -0.2) is 50.5 Å². The first kappa shape index (κ1) is 33.0. The van der Waals surface area contributed by atoms with Crippen molar-refractivity contribution in [2.45, 2.75) is 35.1 Å². The Balaban J connectivity index is 1.43. The number of hydrogen-bond donors (Lipinski definition) is 1. The molecule has 2 saturated heterocycles. The molecule has 0 bridgehead atoms. The number of rotatable bonds is 5. The van der Waals surface area contributed by atoms with Crippen LogP contribution in [0.5, 0.6) is 11.5 Å². The van der Waals surface area contributed by atoms with E-state index in [4.69, 9.17) is 27.9 Å². The summed E-state index contributed by atoms with van der Waals surface area (Å²) in [6, 6.07) is 12.6. The summed E-state index contributed by atoms with van der Waals surface area (Å²) in [6.07, 6.45) is 0.843. The van der Waals surface area contributed by atoms with E-state index in [-0.39, 0.29) is 34.8 Å². The number of methoxy groups -OCH3 is 1. The molecule has 2 heterocycles. The number of carbonyl (C=O) groups is 4. The molecule has 4 amide bonds. The number of amides is 4. The van der Waals surface area contributed by atoms with Gasteiger partial charge < -0.3 is 9.84 Å². The number of allylic oxidation sites excluding steroid dienone is 2. The molecule has 2 aliphatic heterocycles. The lowest BCUT2D eigenvalue weighted by Crippen LogP contribution is -2.60. The third-order valence-corrected chi connectivity index (χ3v) is 11.5. The van der Waals surface area contributed by atoms with Gasteiger partial charge in [-0.05, 0) is 36.5 Å². The minimum atomic E-state index is -2.79. The zero-order valence-electron chi connectivity index (χ0n) is 25.2. The average Bonchev–Trinajstić information content (AvgIpc) is 3.41. The Hall–Kier alpha value is -4.49. The molecule has 3 fully saturated rings. The highest BCUT2D eigenvalue weighted by atomic mass is 35.5. The zero-order valence-corrected chi connectivity index (χ0v) is 26.7. The summed E-state index contributed by atoms with van der Waals surface area (Å²) in [5.74, 6) is -22.2. The number of phenolic OH excluding ortho intramolecular Hbond substituents is 1. The molecule has 0 radical (unpaired) electrons. The van der Waals surface area contributed by atoms with Crippen molar-refractivity contribution in [2.24, 2.45) is 17.8 Å². The van der Waals surface area contributed by atoms with E-state index >= 15 is 8.78 Å². The summed E-state index contributed by atoms with van der Waals surface area (Å²) in [7, 11) is 1.22. The average molecular weight is 721 g/mol. The number of alkyl halides is 2. The Morgan fingerprint density at radius 2 is 1.47 bits per heavy atom. The Morgan fingerprint density at radius 1 is 0.837 bits per heavy atom. The molecule has 6 atom stereocenters. The van der Waals surface area contributed by atoms with E-state index in [9.17, 15) is 37.5 Å². The van der Waals surface area contributed by atoms with Gasteiger partial charge in [0.15, 0.2) is 33.0 Å². The van der Waals surface area contributed by atoms with Crippen molar-refractivity contribution in [2.75, 3.05) is 12.0 Å². The Bertz CT molecular complexity index is 2000. The molecule has 4 aliphatic rings. The van der Waals surface area contributed by atoms with Crippen LogP contribution in [-0.2, 0) is 25.7 Å². The molecule has 3 aromatic carbocycles. The number of anilines is 1. The van der Waals surface area contributed by atoms with Gasteiger partial charge in [0.2, 0.25) is 17.6 Å². The second-order valence-corrected chi connectivity index (χ2v) is 13.6. The Labute approximate surface area is 284 Å². The van der Waals surface area contributed by atoms with Gasteiger partial charge >= 0.3 is 0 Å². The molecule has 0 spiro atoms. The van der Waals surface area contributed by atoms with Gasteiger partial charge in [0.05, 0.1) is 25.5 Å². The van der Waals surface area contributed by atoms with E-state index in [1.54, 1.807) is 36.4 Å². The molecular formula is C34H23Cl2F5N2O6. The number of nitrogens with zero attached hydrogens (tertiary/aromatic N) is 2. The van der Waals surface area contributed by atoms with Gasteiger partial charge in [-0.1, -0.05) is 48.0 Å². The van der Waals surface area contributed by atoms with Gasteiger partial charge in [-0.25, -0.2) is 26.9 Å². The van der Waals surface area contributed by atoms with Crippen LogP contribution in [0.3, 0.4) is 0 Å². The molecule has 49 heavy (non-hydrogen) atoms. The van der Waals surface area contributed by atoms with Crippen LogP contribution in [0.1, 0.15) is 29.9 Å². The van der Waals surface area contributed by atoms with Crippen molar-refractivity contribution in [3.63, 3.8) is 0 Å². The summed E-state index contributed by atoms with van der Waals surface area (Å²) in [4.78, 5) is 51.7. The van der Waals surface area contributed by atoms with Gasteiger partial charge in [0.1, 0.15) is 17.2 Å². The van der Waals surface area contributed by atoms with Crippen molar-refractivity contribution in [1.29, 1.82) is 0 Å². The lowest BCUT2D eigenvalue weighted by Gasteiger charge is -2.50. The molecule has 0 unspecified atom stereocenters. The van der Waals surface area contributed by atoms with E-state index in [0.29, 0.717) is 5.56 Å². The second kappa shape index (κ2) is 11.3. The number of benzene rings is 3. The van der Waals surface area contributed by atoms with E-state index < -0.39 is 104 Å². The highest BCUT2D eigenvalue weighted by Gasteiger charge is 2.77. The van der Waals surface area contributed by atoms with E-state index in [1.807, 2.05) is 0 Å². The van der Waals surface area contributed by atoms with Gasteiger partial charge in [-0.2, -0.15) is 0 Å². The fraction of sp³-hybridized carbons (Fsp3) is 0.294. The molecule has 1 N–H and O–H groups in total. The largest absolute Gasteiger partial charge is 0.508 e. The molecule has 8 nitrogen and oxygen atoms in total. The highest BCUT2D eigenvalue weighted by molar-refractivity contribution is 6.58. The van der Waals surface area contributed by atoms with Gasteiger partial charge in [-0.3, -0.25) is 24.1 Å². The first-order valence-electron chi connectivity index (χ1n) is 14.9. The summed E-state index contributed by atoms with van der Waals surface area (Å²) in [5.41, 5.74) is -1.24.